The van der Waals surface area contributed by atoms with Crippen molar-refractivity contribution in [3.63, 3.8) is 0 Å². The normalized spacial score (nSPS) is 14.9. The maximum atomic E-state index is 12.9. The van der Waals surface area contributed by atoms with Crippen LogP contribution in [0.25, 0.3) is 11.8 Å². The van der Waals surface area contributed by atoms with Gasteiger partial charge in [-0.3, -0.25) is 19.3 Å². The second-order valence-corrected chi connectivity index (χ2v) is 9.34. The molecule has 4 rings (SSSR count). The zero-order valence-corrected chi connectivity index (χ0v) is 20.1. The largest absolute Gasteiger partial charge is 0.325 e. The quantitative estimate of drug-likeness (QED) is 0.432. The third-order valence-corrected chi connectivity index (χ3v) is 6.44. The molecule has 168 valence electrons. The Hall–Kier alpha value is -3.00. The first-order chi connectivity index (χ1) is 15.7. The van der Waals surface area contributed by atoms with Gasteiger partial charge < -0.3 is 9.88 Å². The van der Waals surface area contributed by atoms with E-state index in [0.29, 0.717) is 15.7 Å². The number of thioether (sulfide) groups is 1. The third-order valence-electron chi connectivity index (χ3n) is 5.10. The van der Waals surface area contributed by atoms with E-state index in [1.54, 1.807) is 48.5 Å². The molecule has 1 fully saturated rings. The second kappa shape index (κ2) is 9.47. The SMILES string of the molecule is Cc1cc(/C=C2\SC(=O)N(CC(=O)Nc3ccccc3)C2=O)c(C)n1-c1cc(Cl)cc(Cl)c1. The molecule has 0 saturated carbocycles. The zero-order valence-electron chi connectivity index (χ0n) is 17.8. The van der Waals surface area contributed by atoms with Crippen LogP contribution in [-0.4, -0.2) is 33.1 Å². The number of imide groups is 1. The van der Waals surface area contributed by atoms with E-state index < -0.39 is 17.1 Å². The Balaban J connectivity index is 1.56. The number of aromatic nitrogens is 1. The van der Waals surface area contributed by atoms with Crippen molar-refractivity contribution in [2.24, 2.45) is 0 Å². The summed E-state index contributed by atoms with van der Waals surface area (Å²) < 4.78 is 1.97. The minimum Gasteiger partial charge on any atom is -0.325 e. The van der Waals surface area contributed by atoms with Gasteiger partial charge in [0, 0.05) is 32.8 Å². The predicted octanol–water partition coefficient (Wildman–Crippen LogP) is 6.08. The van der Waals surface area contributed by atoms with Gasteiger partial charge in [-0.1, -0.05) is 41.4 Å². The number of amides is 3. The Morgan fingerprint density at radius 3 is 2.36 bits per heavy atom. The number of hydrogen-bond acceptors (Lipinski definition) is 4. The van der Waals surface area contributed by atoms with Crippen LogP contribution < -0.4 is 5.32 Å². The second-order valence-electron chi connectivity index (χ2n) is 7.47. The fourth-order valence-corrected chi connectivity index (χ4v) is 4.99. The first-order valence-corrected chi connectivity index (χ1v) is 11.6. The lowest BCUT2D eigenvalue weighted by atomic mass is 10.2. The van der Waals surface area contributed by atoms with E-state index in [1.165, 1.54) is 0 Å². The topological polar surface area (TPSA) is 71.4 Å². The highest BCUT2D eigenvalue weighted by molar-refractivity contribution is 8.18. The first-order valence-electron chi connectivity index (χ1n) is 9.98. The van der Waals surface area contributed by atoms with E-state index in [-0.39, 0.29) is 11.4 Å². The Labute approximate surface area is 205 Å². The van der Waals surface area contributed by atoms with Gasteiger partial charge in [-0.2, -0.15) is 0 Å². The molecule has 0 bridgehead atoms. The predicted molar refractivity (Wildman–Crippen MR) is 133 cm³/mol. The Kier molecular flexibility index (Phi) is 6.65. The molecule has 1 saturated heterocycles. The first kappa shape index (κ1) is 23.2. The van der Waals surface area contributed by atoms with E-state index in [0.717, 1.165) is 39.3 Å². The van der Waals surface area contributed by atoms with E-state index in [9.17, 15) is 14.4 Å². The number of halogens is 2. The molecule has 1 N–H and O–H groups in total. The highest BCUT2D eigenvalue weighted by Gasteiger charge is 2.36. The molecular formula is C24H19Cl2N3O3S. The number of rotatable bonds is 5. The molecule has 0 radical (unpaired) electrons. The fourth-order valence-electron chi connectivity index (χ4n) is 3.64. The van der Waals surface area contributed by atoms with E-state index in [1.807, 2.05) is 30.5 Å². The van der Waals surface area contributed by atoms with Crippen molar-refractivity contribution in [1.82, 2.24) is 9.47 Å². The summed E-state index contributed by atoms with van der Waals surface area (Å²) in [5.41, 5.74) is 3.95. The lowest BCUT2D eigenvalue weighted by Crippen LogP contribution is -2.36. The molecule has 9 heteroatoms. The van der Waals surface area contributed by atoms with Crippen LogP contribution in [0.2, 0.25) is 10.0 Å². The van der Waals surface area contributed by atoms with Gasteiger partial charge >= 0.3 is 0 Å². The molecule has 3 amide bonds. The van der Waals surface area contributed by atoms with Crippen molar-refractivity contribution < 1.29 is 14.4 Å². The smallest absolute Gasteiger partial charge is 0.294 e. The van der Waals surface area contributed by atoms with Crippen molar-refractivity contribution in [2.75, 3.05) is 11.9 Å². The van der Waals surface area contributed by atoms with Crippen LogP contribution in [0.3, 0.4) is 0 Å². The molecule has 6 nitrogen and oxygen atoms in total. The molecule has 1 aromatic heterocycles. The Morgan fingerprint density at radius 2 is 1.70 bits per heavy atom. The summed E-state index contributed by atoms with van der Waals surface area (Å²) in [5.74, 6) is -0.940. The summed E-state index contributed by atoms with van der Waals surface area (Å²) in [6.45, 7) is 3.49. The van der Waals surface area contributed by atoms with Crippen LogP contribution in [0.4, 0.5) is 10.5 Å². The lowest BCUT2D eigenvalue weighted by Gasteiger charge is -2.12. The molecule has 33 heavy (non-hydrogen) atoms. The minimum absolute atomic E-state index is 0.261. The molecule has 2 aromatic carbocycles. The molecule has 0 atom stereocenters. The van der Waals surface area contributed by atoms with Gasteiger partial charge in [-0.25, -0.2) is 0 Å². The number of carbonyl (C=O) groups is 3. The lowest BCUT2D eigenvalue weighted by molar-refractivity contribution is -0.127. The van der Waals surface area contributed by atoms with Gasteiger partial charge in [0.15, 0.2) is 0 Å². The van der Waals surface area contributed by atoms with Gasteiger partial charge in [0.25, 0.3) is 11.1 Å². The summed E-state index contributed by atoms with van der Waals surface area (Å²) in [5, 5.41) is 3.23. The maximum absolute atomic E-state index is 12.9. The number of nitrogens with one attached hydrogen (secondary N) is 1. The minimum atomic E-state index is -0.496. The van der Waals surface area contributed by atoms with Gasteiger partial charge in [-0.15, -0.1) is 0 Å². The number of para-hydroxylation sites is 1. The summed E-state index contributed by atoms with van der Waals surface area (Å²) in [6, 6.07) is 16.0. The summed E-state index contributed by atoms with van der Waals surface area (Å²) in [6.07, 6.45) is 1.67. The average Bonchev–Trinajstić information content (AvgIpc) is 3.17. The van der Waals surface area contributed by atoms with Gasteiger partial charge in [-0.05, 0) is 73.6 Å². The fraction of sp³-hybridized carbons (Fsp3) is 0.125. The molecule has 2 heterocycles. The van der Waals surface area contributed by atoms with Crippen LogP contribution in [-0.2, 0) is 9.59 Å². The number of carbonyl (C=O) groups excluding carboxylic acids is 3. The van der Waals surface area contributed by atoms with Crippen LogP contribution in [0.1, 0.15) is 17.0 Å². The third kappa shape index (κ3) is 5.00. The monoisotopic (exact) mass is 499 g/mol. The standard InChI is InChI=1S/C24H19Cl2N3O3S/c1-14-8-16(15(2)29(14)20-11-17(25)10-18(26)12-20)9-21-23(31)28(24(32)33-21)13-22(30)27-19-6-4-3-5-7-19/h3-12H,13H2,1-2H3,(H,27,30)/b21-9-. The average molecular weight is 500 g/mol. The highest BCUT2D eigenvalue weighted by atomic mass is 35.5. The molecule has 0 aliphatic carbocycles. The summed E-state index contributed by atoms with van der Waals surface area (Å²) in [7, 11) is 0. The van der Waals surface area contributed by atoms with E-state index in [2.05, 4.69) is 5.32 Å². The molecule has 0 spiro atoms. The number of hydrogen-bond donors (Lipinski definition) is 1. The van der Waals surface area contributed by atoms with Crippen molar-refractivity contribution in [3.8, 4) is 5.69 Å². The molecule has 1 aliphatic heterocycles. The highest BCUT2D eigenvalue weighted by Crippen LogP contribution is 2.34. The molecule has 1 aliphatic rings. The molecule has 0 unspecified atom stereocenters. The van der Waals surface area contributed by atoms with Gasteiger partial charge in [0.05, 0.1) is 4.91 Å². The van der Waals surface area contributed by atoms with Crippen molar-refractivity contribution in [3.05, 3.63) is 86.5 Å². The number of aryl methyl sites for hydroxylation is 1. The molecule has 3 aromatic rings. The number of nitrogens with zero attached hydrogens (tertiary/aromatic N) is 2. The van der Waals surface area contributed by atoms with Crippen LogP contribution in [0, 0.1) is 13.8 Å². The van der Waals surface area contributed by atoms with E-state index >= 15 is 0 Å². The van der Waals surface area contributed by atoms with Crippen molar-refractivity contribution in [2.45, 2.75) is 13.8 Å². The van der Waals surface area contributed by atoms with Crippen LogP contribution >= 0.6 is 35.0 Å². The molecular weight excluding hydrogens is 481 g/mol. The van der Waals surface area contributed by atoms with Gasteiger partial charge in [0.1, 0.15) is 6.54 Å². The summed E-state index contributed by atoms with van der Waals surface area (Å²) in [4.78, 5) is 38.8. The van der Waals surface area contributed by atoms with Crippen LogP contribution in [0.15, 0.2) is 59.5 Å². The maximum Gasteiger partial charge on any atom is 0.294 e. The Morgan fingerprint density at radius 1 is 1.03 bits per heavy atom. The van der Waals surface area contributed by atoms with E-state index in [4.69, 9.17) is 23.2 Å². The van der Waals surface area contributed by atoms with Crippen molar-refractivity contribution in [1.29, 1.82) is 0 Å². The zero-order chi connectivity index (χ0) is 23.7. The number of benzene rings is 2. The van der Waals surface area contributed by atoms with Crippen molar-refractivity contribution >= 4 is 63.8 Å². The Bertz CT molecular complexity index is 1280. The number of anilines is 1. The van der Waals surface area contributed by atoms with Crippen LogP contribution in [0.5, 0.6) is 0 Å². The summed E-state index contributed by atoms with van der Waals surface area (Å²) >= 11 is 13.1. The van der Waals surface area contributed by atoms with Gasteiger partial charge in [0.2, 0.25) is 5.91 Å².